The molecule has 0 N–H and O–H groups in total. The second kappa shape index (κ2) is 2.48. The van der Waals surface area contributed by atoms with Crippen LogP contribution in [0.2, 0.25) is 0 Å². The van der Waals surface area contributed by atoms with Gasteiger partial charge in [0.1, 0.15) is 0 Å². The summed E-state index contributed by atoms with van der Waals surface area (Å²) in [5.41, 5.74) is 0.541. The Morgan fingerprint density at radius 1 is 1.45 bits per heavy atom. The zero-order valence-corrected chi connectivity index (χ0v) is 8.65. The number of hydrogen-bond donors (Lipinski definition) is 0. The molecule has 0 amide bonds. The fourth-order valence-corrected chi connectivity index (χ4v) is 2.25. The number of hydrogen-bond acceptors (Lipinski definition) is 0. The molecule has 66 valence electrons. The molecule has 1 heteroatoms. The van der Waals surface area contributed by atoms with Crippen molar-refractivity contribution in [1.82, 2.24) is 0 Å². The Morgan fingerprint density at radius 3 is 2.18 bits per heavy atom. The van der Waals surface area contributed by atoms with Gasteiger partial charge in [0.25, 0.3) is 0 Å². The van der Waals surface area contributed by atoms with Crippen molar-refractivity contribution in [3.8, 4) is 0 Å². The van der Waals surface area contributed by atoms with Crippen molar-refractivity contribution in [1.29, 1.82) is 0 Å². The van der Waals surface area contributed by atoms with Crippen molar-refractivity contribution >= 4 is 0 Å². The summed E-state index contributed by atoms with van der Waals surface area (Å²) in [5.74, 6) is 0. The Bertz CT molecular complexity index is 148. The van der Waals surface area contributed by atoms with Crippen molar-refractivity contribution in [2.45, 2.75) is 51.6 Å². The van der Waals surface area contributed by atoms with Crippen LogP contribution in [0.1, 0.15) is 40.0 Å². The summed E-state index contributed by atoms with van der Waals surface area (Å²) in [7, 11) is 4.75. The lowest BCUT2D eigenvalue weighted by Crippen LogP contribution is -2.56. The minimum Gasteiger partial charge on any atom is -0.322 e. The Labute approximate surface area is 71.0 Å². The average molecular weight is 156 g/mol. The maximum atomic E-state index is 2.43. The number of rotatable bonds is 1. The van der Waals surface area contributed by atoms with Gasteiger partial charge in [0.2, 0.25) is 0 Å². The van der Waals surface area contributed by atoms with Crippen molar-refractivity contribution in [3.63, 3.8) is 0 Å². The predicted molar refractivity (Wildman–Crippen MR) is 49.5 cm³/mol. The zero-order valence-electron chi connectivity index (χ0n) is 8.65. The molecule has 1 aliphatic rings. The molecular formula is C10H22N+. The molecule has 11 heavy (non-hydrogen) atoms. The monoisotopic (exact) mass is 156 g/mol. The minimum absolute atomic E-state index is 0.541. The largest absolute Gasteiger partial charge is 0.322 e. The molecule has 0 aromatic rings. The first-order valence-electron chi connectivity index (χ1n) is 4.78. The molecule has 1 saturated heterocycles. The van der Waals surface area contributed by atoms with Gasteiger partial charge in [-0.15, -0.1) is 0 Å². The molecule has 1 aliphatic heterocycles. The maximum absolute atomic E-state index is 2.43. The fraction of sp³-hybridized carbons (Fsp3) is 1.00. The number of quaternary nitrogens is 1. The summed E-state index contributed by atoms with van der Waals surface area (Å²) in [5, 5.41) is 0. The minimum atomic E-state index is 0.541. The van der Waals surface area contributed by atoms with Crippen LogP contribution in [-0.4, -0.2) is 30.2 Å². The van der Waals surface area contributed by atoms with E-state index >= 15 is 0 Å². The van der Waals surface area contributed by atoms with E-state index in [1.165, 1.54) is 23.7 Å². The van der Waals surface area contributed by atoms with Crippen LogP contribution in [0.5, 0.6) is 0 Å². The molecule has 0 aromatic heterocycles. The number of likely N-dealkylation sites (tertiary alicyclic amines) is 1. The highest BCUT2D eigenvalue weighted by Crippen LogP contribution is 2.40. The van der Waals surface area contributed by atoms with Crippen molar-refractivity contribution < 1.29 is 4.48 Å². The van der Waals surface area contributed by atoms with Crippen LogP contribution in [0, 0.1) is 0 Å². The van der Waals surface area contributed by atoms with Gasteiger partial charge in [0.15, 0.2) is 0 Å². The number of nitrogens with zero attached hydrogens (tertiary/aromatic N) is 1. The van der Waals surface area contributed by atoms with E-state index in [1.807, 2.05) is 0 Å². The van der Waals surface area contributed by atoms with Gasteiger partial charge >= 0.3 is 0 Å². The predicted octanol–water partition coefficient (Wildman–Crippen LogP) is 2.41. The van der Waals surface area contributed by atoms with Gasteiger partial charge < -0.3 is 4.48 Å². The van der Waals surface area contributed by atoms with Crippen LogP contribution in [-0.2, 0) is 0 Å². The lowest BCUT2D eigenvalue weighted by molar-refractivity contribution is -0.946. The SMILES string of the molecule is CCC1(C)CCC(C)[N+]1(C)C. The Kier molecular flexibility index (Phi) is 2.04. The van der Waals surface area contributed by atoms with E-state index in [0.29, 0.717) is 5.54 Å². The molecule has 0 aliphatic carbocycles. The molecule has 0 spiro atoms. The molecule has 1 fully saturated rings. The lowest BCUT2D eigenvalue weighted by atomic mass is 9.94. The van der Waals surface area contributed by atoms with Gasteiger partial charge in [-0.1, -0.05) is 6.92 Å². The topological polar surface area (TPSA) is 0 Å². The first-order chi connectivity index (χ1) is 4.94. The third-order valence-corrected chi connectivity index (χ3v) is 4.36. The van der Waals surface area contributed by atoms with Crippen LogP contribution in [0.4, 0.5) is 0 Å². The standard InChI is InChI=1S/C10H22N/c1-6-10(3)8-7-9(2)11(10,4)5/h9H,6-8H2,1-5H3/q+1. The molecule has 2 atom stereocenters. The molecule has 1 heterocycles. The highest BCUT2D eigenvalue weighted by Gasteiger charge is 2.48. The average Bonchev–Trinajstić information content (AvgIpc) is 2.15. The summed E-state index contributed by atoms with van der Waals surface area (Å²) in [6, 6.07) is 0.847. The van der Waals surface area contributed by atoms with E-state index in [1.54, 1.807) is 0 Å². The molecular weight excluding hydrogens is 134 g/mol. The van der Waals surface area contributed by atoms with Crippen LogP contribution >= 0.6 is 0 Å². The Morgan fingerprint density at radius 2 is 2.00 bits per heavy atom. The Balaban J connectivity index is 2.86. The summed E-state index contributed by atoms with van der Waals surface area (Å²) in [6.07, 6.45) is 4.11. The third-order valence-electron chi connectivity index (χ3n) is 4.36. The molecule has 1 rings (SSSR count). The van der Waals surface area contributed by atoms with E-state index < -0.39 is 0 Å². The van der Waals surface area contributed by atoms with Crippen LogP contribution < -0.4 is 0 Å². The highest BCUT2D eigenvalue weighted by atomic mass is 15.4. The Hall–Kier alpha value is -0.0400. The maximum Gasteiger partial charge on any atom is 0.0961 e. The summed E-state index contributed by atoms with van der Waals surface area (Å²) in [6.45, 7) is 7.12. The van der Waals surface area contributed by atoms with Crippen molar-refractivity contribution in [2.24, 2.45) is 0 Å². The van der Waals surface area contributed by atoms with Gasteiger partial charge in [-0.3, -0.25) is 0 Å². The quantitative estimate of drug-likeness (QED) is 0.511. The molecule has 2 unspecified atom stereocenters. The second-order valence-corrected chi connectivity index (χ2v) is 4.78. The lowest BCUT2D eigenvalue weighted by Gasteiger charge is -2.43. The highest BCUT2D eigenvalue weighted by molar-refractivity contribution is 4.82. The molecule has 1 nitrogen and oxygen atoms in total. The first kappa shape index (κ1) is 9.05. The van der Waals surface area contributed by atoms with E-state index in [2.05, 4.69) is 34.9 Å². The normalized spacial score (nSPS) is 42.8. The summed E-state index contributed by atoms with van der Waals surface area (Å²) >= 11 is 0. The molecule has 0 radical (unpaired) electrons. The van der Waals surface area contributed by atoms with Crippen LogP contribution in [0.3, 0.4) is 0 Å². The van der Waals surface area contributed by atoms with E-state index in [0.717, 1.165) is 6.04 Å². The summed E-state index contributed by atoms with van der Waals surface area (Å²) in [4.78, 5) is 0. The van der Waals surface area contributed by atoms with Crippen molar-refractivity contribution in [2.75, 3.05) is 14.1 Å². The van der Waals surface area contributed by atoms with Gasteiger partial charge in [0.05, 0.1) is 25.7 Å². The first-order valence-corrected chi connectivity index (χ1v) is 4.78. The van der Waals surface area contributed by atoms with E-state index in [9.17, 15) is 0 Å². The van der Waals surface area contributed by atoms with Crippen LogP contribution in [0.25, 0.3) is 0 Å². The van der Waals surface area contributed by atoms with Gasteiger partial charge in [-0.05, 0) is 20.3 Å². The smallest absolute Gasteiger partial charge is 0.0961 e. The molecule has 0 saturated carbocycles. The van der Waals surface area contributed by atoms with E-state index in [4.69, 9.17) is 0 Å². The third kappa shape index (κ3) is 1.10. The van der Waals surface area contributed by atoms with Gasteiger partial charge in [0, 0.05) is 12.8 Å². The van der Waals surface area contributed by atoms with E-state index in [-0.39, 0.29) is 0 Å². The van der Waals surface area contributed by atoms with Crippen molar-refractivity contribution in [3.05, 3.63) is 0 Å². The summed E-state index contributed by atoms with van der Waals surface area (Å²) < 4.78 is 1.21. The zero-order chi connectivity index (χ0) is 8.70. The van der Waals surface area contributed by atoms with Crippen LogP contribution in [0.15, 0.2) is 0 Å². The van der Waals surface area contributed by atoms with Gasteiger partial charge in [-0.25, -0.2) is 0 Å². The fourth-order valence-electron chi connectivity index (χ4n) is 2.25. The van der Waals surface area contributed by atoms with Gasteiger partial charge in [-0.2, -0.15) is 0 Å². The molecule has 0 aromatic carbocycles. The second-order valence-electron chi connectivity index (χ2n) is 4.78. The molecule has 0 bridgehead atoms.